The van der Waals surface area contributed by atoms with Crippen LogP contribution in [0, 0.1) is 5.92 Å². The van der Waals surface area contributed by atoms with E-state index in [4.69, 9.17) is 0 Å². The molecule has 2 rings (SSSR count). The number of nitrogens with zero attached hydrogens (tertiary/aromatic N) is 3. The Kier molecular flexibility index (Phi) is 6.65. The van der Waals surface area contributed by atoms with Crippen LogP contribution >= 0.6 is 11.8 Å². The van der Waals surface area contributed by atoms with Crippen molar-refractivity contribution in [2.45, 2.75) is 44.8 Å². The normalized spacial score (nSPS) is 12.3. The molecular weight excluding hydrogens is 308 g/mol. The minimum Gasteiger partial charge on any atom is -0.353 e. The highest BCUT2D eigenvalue weighted by Crippen LogP contribution is 2.19. The van der Waals surface area contributed by atoms with Crippen LogP contribution < -0.4 is 5.32 Å². The molecule has 1 heterocycles. The van der Waals surface area contributed by atoms with E-state index < -0.39 is 0 Å². The number of carbonyl (C=O) groups excluding carboxylic acids is 1. The monoisotopic (exact) mass is 332 g/mol. The van der Waals surface area contributed by atoms with Crippen molar-refractivity contribution in [3.05, 3.63) is 36.7 Å². The van der Waals surface area contributed by atoms with Crippen LogP contribution in [0.4, 0.5) is 0 Å². The number of thioether (sulfide) groups is 1. The fourth-order valence-corrected chi connectivity index (χ4v) is 2.93. The predicted molar refractivity (Wildman–Crippen MR) is 93.8 cm³/mol. The minimum atomic E-state index is 0.0360. The maximum Gasteiger partial charge on any atom is 0.230 e. The maximum atomic E-state index is 12.1. The van der Waals surface area contributed by atoms with Crippen molar-refractivity contribution in [2.75, 3.05) is 5.75 Å². The van der Waals surface area contributed by atoms with Gasteiger partial charge in [0.1, 0.15) is 6.33 Å². The summed E-state index contributed by atoms with van der Waals surface area (Å²) >= 11 is 1.40. The van der Waals surface area contributed by atoms with Gasteiger partial charge in [-0.2, -0.15) is 0 Å². The second-order valence-corrected chi connectivity index (χ2v) is 6.99. The summed E-state index contributed by atoms with van der Waals surface area (Å²) in [5.74, 6) is 1.04. The molecule has 5 nitrogen and oxygen atoms in total. The first kappa shape index (κ1) is 17.5. The Balaban J connectivity index is 1.85. The molecule has 1 aromatic carbocycles. The summed E-state index contributed by atoms with van der Waals surface area (Å²) in [5, 5.41) is 11.8. The Morgan fingerprint density at radius 3 is 2.65 bits per heavy atom. The molecule has 1 amide bonds. The molecule has 0 saturated heterocycles. The zero-order valence-electron chi connectivity index (χ0n) is 13.9. The number of hydrogen-bond acceptors (Lipinski definition) is 4. The summed E-state index contributed by atoms with van der Waals surface area (Å²) in [5.41, 5.74) is 0.991. The average molecular weight is 332 g/mol. The van der Waals surface area contributed by atoms with Gasteiger partial charge in [0.05, 0.1) is 5.75 Å². The van der Waals surface area contributed by atoms with Gasteiger partial charge in [-0.1, -0.05) is 43.8 Å². The molecule has 0 aliphatic rings. The number of benzene rings is 1. The van der Waals surface area contributed by atoms with Gasteiger partial charge in [0, 0.05) is 11.7 Å². The maximum absolute atomic E-state index is 12.1. The van der Waals surface area contributed by atoms with Crippen molar-refractivity contribution < 1.29 is 4.79 Å². The first-order valence-corrected chi connectivity index (χ1v) is 8.92. The number of hydrogen-bond donors (Lipinski definition) is 1. The molecule has 0 aliphatic carbocycles. The lowest BCUT2D eigenvalue weighted by molar-refractivity contribution is -0.119. The van der Waals surface area contributed by atoms with Crippen molar-refractivity contribution in [1.82, 2.24) is 20.1 Å². The molecule has 0 aliphatic heterocycles. The highest BCUT2D eigenvalue weighted by atomic mass is 32.2. The molecule has 1 unspecified atom stereocenters. The lowest BCUT2D eigenvalue weighted by atomic mass is 10.0. The van der Waals surface area contributed by atoms with Gasteiger partial charge < -0.3 is 5.32 Å². The van der Waals surface area contributed by atoms with E-state index in [0.29, 0.717) is 11.7 Å². The van der Waals surface area contributed by atoms with Gasteiger partial charge in [0.2, 0.25) is 5.91 Å². The van der Waals surface area contributed by atoms with Gasteiger partial charge >= 0.3 is 0 Å². The highest BCUT2D eigenvalue weighted by molar-refractivity contribution is 7.99. The third kappa shape index (κ3) is 5.71. The van der Waals surface area contributed by atoms with E-state index >= 15 is 0 Å². The molecule has 124 valence electrons. The summed E-state index contributed by atoms with van der Waals surface area (Å²) in [6.45, 7) is 6.44. The third-order valence-electron chi connectivity index (χ3n) is 3.47. The molecule has 0 spiro atoms. The van der Waals surface area contributed by atoms with Crippen LogP contribution in [0.25, 0.3) is 5.69 Å². The van der Waals surface area contributed by atoms with E-state index in [0.717, 1.165) is 23.7 Å². The molecule has 2 aromatic rings. The number of carbonyl (C=O) groups is 1. The van der Waals surface area contributed by atoms with Crippen LogP contribution in [-0.2, 0) is 4.79 Å². The Morgan fingerprint density at radius 2 is 1.96 bits per heavy atom. The van der Waals surface area contributed by atoms with Crippen LogP contribution in [0.3, 0.4) is 0 Å². The molecule has 23 heavy (non-hydrogen) atoms. The molecule has 0 saturated carbocycles. The zero-order valence-corrected chi connectivity index (χ0v) is 14.7. The SMILES string of the molecule is CC(C)CCC(C)NC(=O)CSc1nncn1-c1ccccc1. The number of amides is 1. The van der Waals surface area contributed by atoms with E-state index in [1.807, 2.05) is 34.9 Å². The molecule has 6 heteroatoms. The van der Waals surface area contributed by atoms with Crippen molar-refractivity contribution in [2.24, 2.45) is 5.92 Å². The van der Waals surface area contributed by atoms with Crippen molar-refractivity contribution in [3.8, 4) is 5.69 Å². The lowest BCUT2D eigenvalue weighted by Crippen LogP contribution is -2.34. The molecule has 1 atom stereocenters. The van der Waals surface area contributed by atoms with Gasteiger partial charge in [-0.05, 0) is 37.8 Å². The quantitative estimate of drug-likeness (QED) is 0.754. The minimum absolute atomic E-state index is 0.0360. The van der Waals surface area contributed by atoms with Gasteiger partial charge in [0.25, 0.3) is 0 Å². The van der Waals surface area contributed by atoms with E-state index in [2.05, 4.69) is 36.3 Å². The van der Waals surface area contributed by atoms with Crippen molar-refractivity contribution in [3.63, 3.8) is 0 Å². The number of aromatic nitrogens is 3. The number of para-hydroxylation sites is 1. The molecule has 0 radical (unpaired) electrons. The fraction of sp³-hybridized carbons (Fsp3) is 0.471. The van der Waals surface area contributed by atoms with Crippen molar-refractivity contribution in [1.29, 1.82) is 0 Å². The largest absolute Gasteiger partial charge is 0.353 e. The predicted octanol–water partition coefficient (Wildman–Crippen LogP) is 3.30. The Hall–Kier alpha value is -1.82. The molecule has 0 fully saturated rings. The molecule has 1 N–H and O–H groups in total. The van der Waals surface area contributed by atoms with Gasteiger partial charge in [-0.15, -0.1) is 10.2 Å². The molecule has 1 aromatic heterocycles. The number of nitrogens with one attached hydrogen (secondary N) is 1. The first-order valence-electron chi connectivity index (χ1n) is 7.94. The smallest absolute Gasteiger partial charge is 0.230 e. The Bertz CT molecular complexity index is 612. The van der Waals surface area contributed by atoms with Crippen LogP contribution in [0.15, 0.2) is 41.8 Å². The molecule has 0 bridgehead atoms. The van der Waals surface area contributed by atoms with Gasteiger partial charge in [-0.25, -0.2) is 0 Å². The summed E-state index contributed by atoms with van der Waals surface area (Å²) in [7, 11) is 0. The van der Waals surface area contributed by atoms with Crippen LogP contribution in [0.5, 0.6) is 0 Å². The zero-order chi connectivity index (χ0) is 16.7. The van der Waals surface area contributed by atoms with E-state index in [1.54, 1.807) is 6.33 Å². The Morgan fingerprint density at radius 1 is 1.22 bits per heavy atom. The van der Waals surface area contributed by atoms with Crippen molar-refractivity contribution >= 4 is 17.7 Å². The number of rotatable bonds is 8. The van der Waals surface area contributed by atoms with Crippen LogP contribution in [0.1, 0.15) is 33.6 Å². The summed E-state index contributed by atoms with van der Waals surface area (Å²) < 4.78 is 1.89. The van der Waals surface area contributed by atoms with Crippen LogP contribution in [0.2, 0.25) is 0 Å². The standard InChI is InChI=1S/C17H24N4OS/c1-13(2)9-10-14(3)19-16(22)11-23-17-20-18-12-21(17)15-7-5-4-6-8-15/h4-8,12-14H,9-11H2,1-3H3,(H,19,22). The summed E-state index contributed by atoms with van der Waals surface area (Å²) in [6, 6.07) is 10.1. The third-order valence-corrected chi connectivity index (χ3v) is 4.41. The Labute approximate surface area is 141 Å². The van der Waals surface area contributed by atoms with Gasteiger partial charge in [-0.3, -0.25) is 9.36 Å². The fourth-order valence-electron chi connectivity index (χ4n) is 2.19. The van der Waals surface area contributed by atoms with E-state index in [1.165, 1.54) is 11.8 Å². The average Bonchev–Trinajstić information content (AvgIpc) is 3.00. The summed E-state index contributed by atoms with van der Waals surface area (Å²) in [4.78, 5) is 12.1. The van der Waals surface area contributed by atoms with E-state index in [-0.39, 0.29) is 11.9 Å². The topological polar surface area (TPSA) is 59.8 Å². The first-order chi connectivity index (χ1) is 11.1. The van der Waals surface area contributed by atoms with Crippen LogP contribution in [-0.4, -0.2) is 32.5 Å². The second-order valence-electron chi connectivity index (χ2n) is 6.05. The van der Waals surface area contributed by atoms with E-state index in [9.17, 15) is 4.79 Å². The second kappa shape index (κ2) is 8.72. The molecular formula is C17H24N4OS. The summed E-state index contributed by atoms with van der Waals surface area (Å²) in [6.07, 6.45) is 3.80. The van der Waals surface area contributed by atoms with Gasteiger partial charge in [0.15, 0.2) is 5.16 Å². The highest BCUT2D eigenvalue weighted by Gasteiger charge is 2.12. The lowest BCUT2D eigenvalue weighted by Gasteiger charge is -2.14.